The third-order valence-electron chi connectivity index (χ3n) is 1.84. The molecule has 0 fully saturated rings. The number of imide groups is 1. The van der Waals surface area contributed by atoms with E-state index in [1.54, 1.807) is 0 Å². The number of carbonyl (C=O) groups is 2. The van der Waals surface area contributed by atoms with Gasteiger partial charge in [-0.1, -0.05) is 0 Å². The topological polar surface area (TPSA) is 72.9 Å². The minimum absolute atomic E-state index is 0.281. The van der Waals surface area contributed by atoms with Gasteiger partial charge in [-0.3, -0.25) is 13.8 Å². The van der Waals surface area contributed by atoms with E-state index in [9.17, 15) is 13.8 Å². The highest BCUT2D eigenvalue weighted by molar-refractivity contribution is 7.75. The van der Waals surface area contributed by atoms with Gasteiger partial charge in [0.25, 0.3) is 11.8 Å². The lowest BCUT2D eigenvalue weighted by molar-refractivity contribution is -0.163. The van der Waals surface area contributed by atoms with Gasteiger partial charge in [0.15, 0.2) is 0 Å². The summed E-state index contributed by atoms with van der Waals surface area (Å²) in [5.41, 5.74) is 0.561. The lowest BCUT2D eigenvalue weighted by atomic mass is 10.2. The van der Waals surface area contributed by atoms with Crippen molar-refractivity contribution in [1.82, 2.24) is 5.06 Å². The first-order valence-electron chi connectivity index (χ1n) is 3.70. The van der Waals surface area contributed by atoms with Gasteiger partial charge in [0.2, 0.25) is 0 Å². The van der Waals surface area contributed by atoms with Gasteiger partial charge in [0.1, 0.15) is 0 Å². The second kappa shape index (κ2) is 3.99. The second-order valence-corrected chi connectivity index (χ2v) is 3.49. The molecule has 7 heteroatoms. The maximum atomic E-state index is 11.3. The molecule has 0 aromatic rings. The number of nitrogens with zero attached hydrogens (tertiary/aromatic N) is 1. The number of hydrogen-bond acceptors (Lipinski definition) is 5. The van der Waals surface area contributed by atoms with Gasteiger partial charge in [-0.05, 0) is 13.8 Å². The Hall–Kier alpha value is -1.05. The van der Waals surface area contributed by atoms with E-state index in [1.807, 2.05) is 0 Å². The summed E-state index contributed by atoms with van der Waals surface area (Å²) in [5.74, 6) is -1.23. The first kappa shape index (κ1) is 11.0. The zero-order valence-corrected chi connectivity index (χ0v) is 8.71. The highest BCUT2D eigenvalue weighted by Gasteiger charge is 2.36. The van der Waals surface area contributed by atoms with E-state index >= 15 is 0 Å². The first-order valence-corrected chi connectivity index (χ1v) is 4.70. The molecule has 1 unspecified atom stereocenters. The van der Waals surface area contributed by atoms with Crippen molar-refractivity contribution >= 4 is 23.2 Å². The van der Waals surface area contributed by atoms with Gasteiger partial charge >= 0.3 is 11.4 Å². The normalized spacial score (nSPS) is 19.5. The number of hydrogen-bond donors (Lipinski definition) is 0. The Balaban J connectivity index is 2.82. The summed E-state index contributed by atoms with van der Waals surface area (Å²) in [5, 5.41) is 0.435. The van der Waals surface area contributed by atoms with Crippen LogP contribution in [0.4, 0.5) is 0 Å². The number of amides is 2. The molecule has 0 spiro atoms. The van der Waals surface area contributed by atoms with E-state index in [0.29, 0.717) is 5.06 Å². The molecule has 1 aliphatic heterocycles. The molecule has 0 saturated heterocycles. The van der Waals surface area contributed by atoms with Crippen molar-refractivity contribution in [1.29, 1.82) is 0 Å². The Morgan fingerprint density at radius 1 is 1.14 bits per heavy atom. The van der Waals surface area contributed by atoms with Crippen LogP contribution in [0.5, 0.6) is 0 Å². The van der Waals surface area contributed by atoms with Crippen LogP contribution in [0.3, 0.4) is 0 Å². The average molecular weight is 219 g/mol. The second-order valence-electron chi connectivity index (χ2n) is 2.60. The first-order chi connectivity index (χ1) is 6.49. The van der Waals surface area contributed by atoms with E-state index in [-0.39, 0.29) is 11.1 Å². The molecule has 0 aromatic heterocycles. The SMILES string of the molecule is COS(=O)ON1C(=O)C(C)=C(C)C1=O. The molecule has 1 rings (SSSR count). The Labute approximate surface area is 83.3 Å². The summed E-state index contributed by atoms with van der Waals surface area (Å²) < 4.78 is 19.5. The van der Waals surface area contributed by atoms with Crippen molar-refractivity contribution in [2.24, 2.45) is 0 Å². The summed E-state index contributed by atoms with van der Waals surface area (Å²) >= 11 is -2.13. The third kappa shape index (κ3) is 1.74. The van der Waals surface area contributed by atoms with Gasteiger partial charge in [-0.2, -0.15) is 4.21 Å². The fourth-order valence-corrected chi connectivity index (χ4v) is 1.19. The molecular formula is C7H9NO5S. The van der Waals surface area contributed by atoms with Crippen LogP contribution in [0.2, 0.25) is 0 Å². The Morgan fingerprint density at radius 2 is 1.57 bits per heavy atom. The van der Waals surface area contributed by atoms with Crippen LogP contribution in [0.1, 0.15) is 13.8 Å². The molecule has 0 N–H and O–H groups in total. The van der Waals surface area contributed by atoms with Crippen LogP contribution in [0, 0.1) is 0 Å². The molecule has 0 saturated carbocycles. The quantitative estimate of drug-likeness (QED) is 0.617. The molecule has 0 aliphatic carbocycles. The van der Waals surface area contributed by atoms with E-state index < -0.39 is 23.2 Å². The fourth-order valence-electron chi connectivity index (χ4n) is 0.877. The van der Waals surface area contributed by atoms with Gasteiger partial charge in [0.05, 0.1) is 7.11 Å². The van der Waals surface area contributed by atoms with Crippen molar-refractivity contribution < 1.29 is 22.3 Å². The largest absolute Gasteiger partial charge is 0.327 e. The van der Waals surface area contributed by atoms with E-state index in [2.05, 4.69) is 8.47 Å². The lowest BCUT2D eigenvalue weighted by Gasteiger charge is -2.10. The summed E-state index contributed by atoms with van der Waals surface area (Å²) in [6, 6.07) is 0. The molecule has 1 heterocycles. The standard InChI is InChI=1S/C7H9NO5S/c1-4-5(2)7(10)8(6(4)9)13-14(11)12-3/h1-3H3. The minimum Gasteiger partial charge on any atom is -0.270 e. The highest BCUT2D eigenvalue weighted by Crippen LogP contribution is 2.20. The Bertz CT molecular complexity index is 324. The highest BCUT2D eigenvalue weighted by atomic mass is 32.2. The summed E-state index contributed by atoms with van der Waals surface area (Å²) in [4.78, 5) is 22.6. The zero-order valence-electron chi connectivity index (χ0n) is 7.90. The summed E-state index contributed by atoms with van der Waals surface area (Å²) in [7, 11) is 1.13. The zero-order chi connectivity index (χ0) is 10.9. The number of carbonyl (C=O) groups excluding carboxylic acids is 2. The molecule has 1 aliphatic rings. The Morgan fingerprint density at radius 3 is 1.93 bits per heavy atom. The molecule has 78 valence electrons. The van der Waals surface area contributed by atoms with Crippen molar-refractivity contribution in [2.45, 2.75) is 13.8 Å². The Kier molecular flexibility index (Phi) is 3.14. The van der Waals surface area contributed by atoms with Crippen LogP contribution < -0.4 is 0 Å². The number of hydroxylamine groups is 2. The lowest BCUT2D eigenvalue weighted by Crippen LogP contribution is -2.32. The molecule has 1 atom stereocenters. The van der Waals surface area contributed by atoms with Crippen molar-refractivity contribution in [3.05, 3.63) is 11.1 Å². The van der Waals surface area contributed by atoms with Crippen LogP contribution in [0.15, 0.2) is 11.1 Å². The molecule has 14 heavy (non-hydrogen) atoms. The maximum Gasteiger partial charge on any atom is 0.327 e. The van der Waals surface area contributed by atoms with E-state index in [1.165, 1.54) is 13.8 Å². The van der Waals surface area contributed by atoms with Crippen molar-refractivity contribution in [2.75, 3.05) is 7.11 Å². The molecular weight excluding hydrogens is 210 g/mol. The number of rotatable bonds is 3. The third-order valence-corrected chi connectivity index (χ3v) is 2.39. The summed E-state index contributed by atoms with van der Waals surface area (Å²) in [6.45, 7) is 2.99. The smallest absolute Gasteiger partial charge is 0.270 e. The predicted molar refractivity (Wildman–Crippen MR) is 46.5 cm³/mol. The van der Waals surface area contributed by atoms with Gasteiger partial charge in [-0.25, -0.2) is 0 Å². The fraction of sp³-hybridized carbons (Fsp3) is 0.429. The predicted octanol–water partition coefficient (Wildman–Crippen LogP) is -0.152. The molecule has 6 nitrogen and oxygen atoms in total. The van der Waals surface area contributed by atoms with Crippen LogP contribution in [-0.2, 0) is 29.4 Å². The van der Waals surface area contributed by atoms with Crippen molar-refractivity contribution in [3.8, 4) is 0 Å². The van der Waals surface area contributed by atoms with Crippen LogP contribution >= 0.6 is 0 Å². The molecule has 2 amide bonds. The van der Waals surface area contributed by atoms with E-state index in [0.717, 1.165) is 7.11 Å². The van der Waals surface area contributed by atoms with E-state index in [4.69, 9.17) is 0 Å². The van der Waals surface area contributed by atoms with Crippen molar-refractivity contribution in [3.63, 3.8) is 0 Å². The van der Waals surface area contributed by atoms with Gasteiger partial charge in [0, 0.05) is 11.1 Å². The summed E-state index contributed by atoms with van der Waals surface area (Å²) in [6.07, 6.45) is 0. The van der Waals surface area contributed by atoms with Gasteiger partial charge < -0.3 is 0 Å². The van der Waals surface area contributed by atoms with Crippen LogP contribution in [-0.4, -0.2) is 28.2 Å². The molecule has 0 radical (unpaired) electrons. The van der Waals surface area contributed by atoms with Crippen LogP contribution in [0.25, 0.3) is 0 Å². The monoisotopic (exact) mass is 219 g/mol. The minimum atomic E-state index is -2.13. The maximum absolute atomic E-state index is 11.3. The molecule has 0 aromatic carbocycles. The van der Waals surface area contributed by atoms with Gasteiger partial charge in [-0.15, -0.1) is 9.35 Å². The average Bonchev–Trinajstić information content (AvgIpc) is 2.35. The molecule has 0 bridgehead atoms.